The van der Waals surface area contributed by atoms with Crippen molar-refractivity contribution in [1.29, 1.82) is 0 Å². The third kappa shape index (κ3) is 3.72. The summed E-state index contributed by atoms with van der Waals surface area (Å²) in [6, 6.07) is 12.4. The molecule has 1 aliphatic rings. The average molecular weight is 423 g/mol. The molecule has 4 rings (SSSR count). The third-order valence-electron chi connectivity index (χ3n) is 4.79. The summed E-state index contributed by atoms with van der Waals surface area (Å²) in [5, 5.41) is 14.1. The van der Waals surface area contributed by atoms with Crippen LogP contribution >= 0.6 is 11.6 Å². The second kappa shape index (κ2) is 7.92. The number of pyridine rings is 1. The molecule has 2 aromatic carbocycles. The first-order chi connectivity index (χ1) is 14.4. The predicted octanol–water partition coefficient (Wildman–Crippen LogP) is 4.10. The molecule has 30 heavy (non-hydrogen) atoms. The van der Waals surface area contributed by atoms with E-state index in [0.717, 1.165) is 5.56 Å². The highest BCUT2D eigenvalue weighted by Gasteiger charge is 2.27. The lowest BCUT2D eigenvalue weighted by Gasteiger charge is -2.18. The van der Waals surface area contributed by atoms with Crippen LogP contribution in [0.15, 0.2) is 60.9 Å². The molecule has 0 saturated carbocycles. The van der Waals surface area contributed by atoms with Gasteiger partial charge in [0.25, 0.3) is 17.5 Å². The second-order valence-corrected chi connectivity index (χ2v) is 7.10. The quantitative estimate of drug-likeness (QED) is 0.503. The van der Waals surface area contributed by atoms with Gasteiger partial charge in [-0.3, -0.25) is 24.7 Å². The molecule has 9 heteroatoms. The van der Waals surface area contributed by atoms with Gasteiger partial charge in [-0.2, -0.15) is 0 Å². The van der Waals surface area contributed by atoms with Gasteiger partial charge in [-0.15, -0.1) is 0 Å². The molecule has 8 nitrogen and oxygen atoms in total. The van der Waals surface area contributed by atoms with Crippen molar-refractivity contribution in [3.63, 3.8) is 0 Å². The van der Waals surface area contributed by atoms with Gasteiger partial charge in [-0.05, 0) is 48.4 Å². The largest absolute Gasteiger partial charge is 0.322 e. The Hall–Kier alpha value is -3.78. The summed E-state index contributed by atoms with van der Waals surface area (Å²) in [6.45, 7) is 0.514. The predicted molar refractivity (Wildman–Crippen MR) is 112 cm³/mol. The number of aromatic nitrogens is 1. The number of carbonyl (C=O) groups is 2. The summed E-state index contributed by atoms with van der Waals surface area (Å²) in [5.41, 5.74) is 2.05. The fourth-order valence-corrected chi connectivity index (χ4v) is 3.53. The SMILES string of the molecule is O=C(Nc1ccc2c(c1)N(C(=O)c1cccnc1)CC2)c1cc(Cl)ccc1[N+](=O)[O-]. The smallest absolute Gasteiger partial charge is 0.282 e. The number of hydrogen-bond donors (Lipinski definition) is 1. The molecule has 0 aliphatic carbocycles. The lowest BCUT2D eigenvalue weighted by Crippen LogP contribution is -2.29. The molecular formula is C21H15ClN4O4. The van der Waals surface area contributed by atoms with Crippen LogP contribution in [0.4, 0.5) is 17.1 Å². The first-order valence-electron chi connectivity index (χ1n) is 9.04. The molecule has 3 aromatic rings. The fraction of sp³-hybridized carbons (Fsp3) is 0.0952. The molecule has 0 bridgehead atoms. The van der Waals surface area contributed by atoms with Crippen molar-refractivity contribution in [2.45, 2.75) is 6.42 Å². The van der Waals surface area contributed by atoms with E-state index >= 15 is 0 Å². The fourth-order valence-electron chi connectivity index (χ4n) is 3.36. The minimum Gasteiger partial charge on any atom is -0.322 e. The number of benzene rings is 2. The molecule has 2 amide bonds. The Morgan fingerprint density at radius 3 is 2.73 bits per heavy atom. The average Bonchev–Trinajstić information content (AvgIpc) is 3.16. The molecule has 0 fully saturated rings. The van der Waals surface area contributed by atoms with Crippen LogP contribution in [0.5, 0.6) is 0 Å². The summed E-state index contributed by atoms with van der Waals surface area (Å²) in [6.07, 6.45) is 3.79. The maximum Gasteiger partial charge on any atom is 0.282 e. The van der Waals surface area contributed by atoms with E-state index in [9.17, 15) is 19.7 Å². The van der Waals surface area contributed by atoms with Crippen LogP contribution in [0, 0.1) is 10.1 Å². The minimum atomic E-state index is -0.660. The zero-order valence-corrected chi connectivity index (χ0v) is 16.3. The number of anilines is 2. The van der Waals surface area contributed by atoms with E-state index in [1.165, 1.54) is 24.4 Å². The summed E-state index contributed by atoms with van der Waals surface area (Å²) >= 11 is 5.91. The number of rotatable bonds is 4. The van der Waals surface area contributed by atoms with Crippen LogP contribution in [0.1, 0.15) is 26.3 Å². The molecule has 2 heterocycles. The number of nitro groups is 1. The Morgan fingerprint density at radius 1 is 1.17 bits per heavy atom. The van der Waals surface area contributed by atoms with Gasteiger partial charge in [0.2, 0.25) is 0 Å². The number of halogens is 1. The van der Waals surface area contributed by atoms with Crippen LogP contribution < -0.4 is 10.2 Å². The number of nitro benzene ring substituents is 1. The molecule has 1 N–H and O–H groups in total. The molecule has 0 spiro atoms. The zero-order valence-electron chi connectivity index (χ0n) is 15.5. The Balaban J connectivity index is 1.61. The topological polar surface area (TPSA) is 105 Å². The van der Waals surface area contributed by atoms with E-state index in [4.69, 9.17) is 11.6 Å². The molecular weight excluding hydrogens is 408 g/mol. The van der Waals surface area contributed by atoms with E-state index in [0.29, 0.717) is 29.9 Å². The molecule has 0 atom stereocenters. The summed E-state index contributed by atoms with van der Waals surface area (Å²) in [7, 11) is 0. The van der Waals surface area contributed by atoms with E-state index in [2.05, 4.69) is 10.3 Å². The third-order valence-corrected chi connectivity index (χ3v) is 5.03. The first-order valence-corrected chi connectivity index (χ1v) is 9.42. The Morgan fingerprint density at radius 2 is 2.00 bits per heavy atom. The zero-order chi connectivity index (χ0) is 21.3. The maximum absolute atomic E-state index is 12.8. The van der Waals surface area contributed by atoms with E-state index in [1.54, 1.807) is 35.4 Å². The number of carbonyl (C=O) groups excluding carboxylic acids is 2. The summed E-state index contributed by atoms with van der Waals surface area (Å²) in [4.78, 5) is 41.7. The number of amides is 2. The number of fused-ring (bicyclic) bond motifs is 1. The van der Waals surface area contributed by atoms with Crippen LogP contribution in [0.3, 0.4) is 0 Å². The van der Waals surface area contributed by atoms with Gasteiger partial charge in [0.1, 0.15) is 5.56 Å². The second-order valence-electron chi connectivity index (χ2n) is 6.66. The van der Waals surface area contributed by atoms with E-state index in [-0.39, 0.29) is 22.2 Å². The van der Waals surface area contributed by atoms with Gasteiger partial charge in [-0.25, -0.2) is 0 Å². The van der Waals surface area contributed by atoms with Crippen LogP contribution in [-0.2, 0) is 6.42 Å². The van der Waals surface area contributed by atoms with Crippen molar-refractivity contribution in [2.24, 2.45) is 0 Å². The number of hydrogen-bond acceptors (Lipinski definition) is 5. The van der Waals surface area contributed by atoms with Crippen molar-refractivity contribution in [2.75, 3.05) is 16.8 Å². The summed E-state index contributed by atoms with van der Waals surface area (Å²) in [5.74, 6) is -0.844. The van der Waals surface area contributed by atoms with Crippen molar-refractivity contribution >= 4 is 40.5 Å². The molecule has 0 saturated heterocycles. The van der Waals surface area contributed by atoms with Crippen molar-refractivity contribution in [3.8, 4) is 0 Å². The van der Waals surface area contributed by atoms with Gasteiger partial charge in [0.05, 0.1) is 10.5 Å². The van der Waals surface area contributed by atoms with Gasteiger partial charge in [0.15, 0.2) is 0 Å². The lowest BCUT2D eigenvalue weighted by atomic mass is 10.1. The molecule has 1 aliphatic heterocycles. The monoisotopic (exact) mass is 422 g/mol. The Labute approximate surface area is 176 Å². The molecule has 0 radical (unpaired) electrons. The maximum atomic E-state index is 12.8. The van der Waals surface area contributed by atoms with Crippen molar-refractivity contribution in [3.05, 3.63) is 92.8 Å². The molecule has 1 aromatic heterocycles. The normalized spacial score (nSPS) is 12.4. The molecule has 150 valence electrons. The summed E-state index contributed by atoms with van der Waals surface area (Å²) < 4.78 is 0. The number of nitrogens with zero attached hydrogens (tertiary/aromatic N) is 3. The van der Waals surface area contributed by atoms with Gasteiger partial charge >= 0.3 is 0 Å². The van der Waals surface area contributed by atoms with Crippen molar-refractivity contribution in [1.82, 2.24) is 4.98 Å². The van der Waals surface area contributed by atoms with E-state index < -0.39 is 10.8 Å². The van der Waals surface area contributed by atoms with Crippen molar-refractivity contribution < 1.29 is 14.5 Å². The van der Waals surface area contributed by atoms with Gasteiger partial charge in [-0.1, -0.05) is 17.7 Å². The van der Waals surface area contributed by atoms with Crippen LogP contribution in [0.25, 0.3) is 0 Å². The highest BCUT2D eigenvalue weighted by molar-refractivity contribution is 6.31. The highest BCUT2D eigenvalue weighted by atomic mass is 35.5. The standard InChI is InChI=1S/C21H15ClN4O4/c22-15-4-6-18(26(29)30)17(10-15)20(27)24-16-5-3-13-7-9-25(19(13)11-16)21(28)14-2-1-8-23-12-14/h1-6,8,10-12H,7,9H2,(H,24,27). The molecule has 0 unspecified atom stereocenters. The Bertz CT molecular complexity index is 1170. The van der Waals surface area contributed by atoms with Crippen LogP contribution in [-0.4, -0.2) is 28.3 Å². The van der Waals surface area contributed by atoms with E-state index in [1.807, 2.05) is 6.07 Å². The van der Waals surface area contributed by atoms with Crippen LogP contribution in [0.2, 0.25) is 5.02 Å². The Kier molecular flexibility index (Phi) is 5.16. The first kappa shape index (κ1) is 19.5. The van der Waals surface area contributed by atoms with Gasteiger partial charge in [0, 0.05) is 41.4 Å². The minimum absolute atomic E-state index is 0.142. The number of nitrogens with one attached hydrogen (secondary N) is 1. The lowest BCUT2D eigenvalue weighted by molar-refractivity contribution is -0.385. The highest BCUT2D eigenvalue weighted by Crippen LogP contribution is 2.32. The van der Waals surface area contributed by atoms with Gasteiger partial charge < -0.3 is 10.2 Å².